The number of fused-ring (bicyclic) bond motifs is 3. The Morgan fingerprint density at radius 1 is 1.00 bits per heavy atom. The fourth-order valence-electron chi connectivity index (χ4n) is 4.99. The normalized spacial score (nSPS) is 17.5. The molecule has 0 aliphatic carbocycles. The molecule has 1 aromatic heterocycles. The van der Waals surface area contributed by atoms with E-state index < -0.39 is 0 Å². The molecule has 0 fully saturated rings. The van der Waals surface area contributed by atoms with E-state index in [1.165, 1.54) is 16.7 Å². The number of aliphatic imine (C=N–C) groups is 1. The average molecular weight is 442 g/mol. The Morgan fingerprint density at radius 3 is 2.52 bits per heavy atom. The highest BCUT2D eigenvalue weighted by Gasteiger charge is 2.39. The monoisotopic (exact) mass is 441 g/mol. The van der Waals surface area contributed by atoms with Gasteiger partial charge in [0.15, 0.2) is 11.5 Å². The van der Waals surface area contributed by atoms with Gasteiger partial charge in [0.25, 0.3) is 0 Å². The molecule has 33 heavy (non-hydrogen) atoms. The number of hydrogen-bond acceptors (Lipinski definition) is 5. The van der Waals surface area contributed by atoms with Crippen LogP contribution in [0.5, 0.6) is 11.5 Å². The third-order valence-corrected chi connectivity index (χ3v) is 6.44. The molecule has 0 unspecified atom stereocenters. The number of nitrogens with zero attached hydrogens (tertiary/aromatic N) is 3. The molecular weight excluding hydrogens is 410 g/mol. The van der Waals surface area contributed by atoms with E-state index in [2.05, 4.69) is 81.0 Å². The maximum absolute atomic E-state index is 6.34. The zero-order valence-corrected chi connectivity index (χ0v) is 20.3. The predicted molar refractivity (Wildman–Crippen MR) is 134 cm³/mol. The van der Waals surface area contributed by atoms with Crippen molar-refractivity contribution < 1.29 is 9.47 Å². The van der Waals surface area contributed by atoms with Gasteiger partial charge < -0.3 is 14.4 Å². The van der Waals surface area contributed by atoms with Crippen LogP contribution >= 0.6 is 0 Å². The Bertz CT molecular complexity index is 1250. The molecule has 0 spiro atoms. The highest BCUT2D eigenvalue weighted by Crippen LogP contribution is 2.48. The molecule has 2 aromatic carbocycles. The molecule has 0 bridgehead atoms. The largest absolute Gasteiger partial charge is 0.493 e. The minimum absolute atomic E-state index is 0.207. The van der Waals surface area contributed by atoms with Crippen molar-refractivity contribution in [2.45, 2.75) is 51.7 Å². The Morgan fingerprint density at radius 2 is 1.79 bits per heavy atom. The molecular formula is C28H31N3O2. The number of pyridine rings is 1. The van der Waals surface area contributed by atoms with E-state index >= 15 is 0 Å². The fraction of sp³-hybridized carbons (Fsp3) is 0.357. The van der Waals surface area contributed by atoms with Crippen LogP contribution in [-0.2, 0) is 12.8 Å². The molecule has 5 rings (SSSR count). The van der Waals surface area contributed by atoms with Gasteiger partial charge in [0.2, 0.25) is 0 Å². The molecule has 0 radical (unpaired) electrons. The van der Waals surface area contributed by atoms with E-state index in [0.29, 0.717) is 0 Å². The van der Waals surface area contributed by atoms with Crippen LogP contribution in [0.4, 0.5) is 11.4 Å². The maximum Gasteiger partial charge on any atom is 0.166 e. The molecule has 2 aliphatic rings. The lowest BCUT2D eigenvalue weighted by molar-refractivity contribution is 0.134. The van der Waals surface area contributed by atoms with Gasteiger partial charge in [0.1, 0.15) is 5.60 Å². The molecule has 0 atom stereocenters. The first-order valence-corrected chi connectivity index (χ1v) is 11.4. The van der Waals surface area contributed by atoms with Crippen molar-refractivity contribution in [2.75, 3.05) is 19.1 Å². The molecule has 0 amide bonds. The molecule has 5 heteroatoms. The second-order valence-corrected chi connectivity index (χ2v) is 10.2. The van der Waals surface area contributed by atoms with E-state index in [1.807, 2.05) is 12.3 Å². The predicted octanol–water partition coefficient (Wildman–Crippen LogP) is 5.74. The minimum Gasteiger partial charge on any atom is -0.493 e. The van der Waals surface area contributed by atoms with E-state index in [1.54, 1.807) is 13.3 Å². The highest BCUT2D eigenvalue weighted by atomic mass is 16.5. The van der Waals surface area contributed by atoms with Crippen molar-refractivity contribution in [1.29, 1.82) is 0 Å². The molecule has 3 aromatic rings. The van der Waals surface area contributed by atoms with Gasteiger partial charge in [-0.25, -0.2) is 0 Å². The van der Waals surface area contributed by atoms with Gasteiger partial charge in [-0.2, -0.15) is 0 Å². The Labute approximate surface area is 196 Å². The van der Waals surface area contributed by atoms with Crippen LogP contribution in [0.1, 0.15) is 49.9 Å². The lowest BCUT2D eigenvalue weighted by Crippen LogP contribution is -2.30. The summed E-state index contributed by atoms with van der Waals surface area (Å²) < 4.78 is 12.1. The molecule has 170 valence electrons. The van der Waals surface area contributed by atoms with Crippen LogP contribution in [0, 0.1) is 0 Å². The lowest BCUT2D eigenvalue weighted by atomic mass is 9.81. The molecule has 5 nitrogen and oxygen atoms in total. The Hall–Kier alpha value is -3.34. The van der Waals surface area contributed by atoms with Gasteiger partial charge in [-0.1, -0.05) is 12.1 Å². The molecule has 2 aliphatic heterocycles. The van der Waals surface area contributed by atoms with Crippen LogP contribution in [0.25, 0.3) is 0 Å². The third-order valence-electron chi connectivity index (χ3n) is 6.44. The summed E-state index contributed by atoms with van der Waals surface area (Å²) in [7, 11) is 3.78. The second-order valence-electron chi connectivity index (χ2n) is 10.2. The van der Waals surface area contributed by atoms with Gasteiger partial charge in [-0.05, 0) is 70.0 Å². The first-order valence-electron chi connectivity index (χ1n) is 11.4. The van der Waals surface area contributed by atoms with Gasteiger partial charge in [-0.3, -0.25) is 9.98 Å². The first kappa shape index (κ1) is 21.5. The zero-order chi connectivity index (χ0) is 23.4. The summed E-state index contributed by atoms with van der Waals surface area (Å²) >= 11 is 0. The number of methoxy groups -OCH3 is 1. The van der Waals surface area contributed by atoms with Crippen LogP contribution in [0.3, 0.4) is 0 Å². The summed E-state index contributed by atoms with van der Waals surface area (Å²) in [5, 5.41) is 0. The topological polar surface area (TPSA) is 47.0 Å². The van der Waals surface area contributed by atoms with Crippen molar-refractivity contribution in [3.8, 4) is 11.5 Å². The van der Waals surface area contributed by atoms with Crippen molar-refractivity contribution in [1.82, 2.24) is 4.98 Å². The first-order chi connectivity index (χ1) is 15.7. The fourth-order valence-corrected chi connectivity index (χ4v) is 4.99. The zero-order valence-electron chi connectivity index (χ0n) is 20.3. The van der Waals surface area contributed by atoms with E-state index in [9.17, 15) is 0 Å². The third kappa shape index (κ3) is 3.86. The maximum atomic E-state index is 6.34. The summed E-state index contributed by atoms with van der Waals surface area (Å²) in [6.45, 7) is 8.65. The minimum atomic E-state index is -0.273. The van der Waals surface area contributed by atoms with Gasteiger partial charge in [-0.15, -0.1) is 0 Å². The number of rotatable bonds is 4. The van der Waals surface area contributed by atoms with Crippen LogP contribution in [0.2, 0.25) is 0 Å². The number of aromatic nitrogens is 1. The van der Waals surface area contributed by atoms with Gasteiger partial charge in [0, 0.05) is 42.0 Å². The standard InChI is InChI=1S/C28H31N3O2/c1-27(2)15-19-14-23(32-6)26-22(16-28(3,4)33-26)24(19)25(30-27)18-9-7-10-20(13-18)31(5)21-11-8-12-29-17-21/h7-14,17H,15-16H2,1-6H3. The van der Waals surface area contributed by atoms with Crippen molar-refractivity contribution in [3.05, 3.63) is 77.1 Å². The number of hydrogen-bond donors (Lipinski definition) is 0. The van der Waals surface area contributed by atoms with E-state index in [-0.39, 0.29) is 11.1 Å². The smallest absolute Gasteiger partial charge is 0.166 e. The van der Waals surface area contributed by atoms with Crippen LogP contribution < -0.4 is 14.4 Å². The second kappa shape index (κ2) is 7.62. The van der Waals surface area contributed by atoms with E-state index in [0.717, 1.165) is 47.0 Å². The summed E-state index contributed by atoms with van der Waals surface area (Å²) in [5.74, 6) is 1.67. The summed E-state index contributed by atoms with van der Waals surface area (Å²) in [5.41, 5.74) is 7.47. The van der Waals surface area contributed by atoms with Crippen LogP contribution in [0.15, 0.2) is 59.9 Å². The number of ether oxygens (including phenoxy) is 2. The van der Waals surface area contributed by atoms with Crippen molar-refractivity contribution in [2.24, 2.45) is 4.99 Å². The van der Waals surface area contributed by atoms with E-state index in [4.69, 9.17) is 14.5 Å². The van der Waals surface area contributed by atoms with Gasteiger partial charge >= 0.3 is 0 Å². The Balaban J connectivity index is 1.66. The van der Waals surface area contributed by atoms with Crippen LogP contribution in [-0.4, -0.2) is 36.0 Å². The lowest BCUT2D eigenvalue weighted by Gasteiger charge is -2.31. The quantitative estimate of drug-likeness (QED) is 0.518. The average Bonchev–Trinajstić information content (AvgIpc) is 3.12. The molecule has 0 N–H and O–H groups in total. The summed E-state index contributed by atoms with van der Waals surface area (Å²) in [6.07, 6.45) is 5.37. The number of anilines is 2. The molecule has 0 saturated heterocycles. The van der Waals surface area contributed by atoms with Gasteiger partial charge in [0.05, 0.1) is 30.2 Å². The number of benzene rings is 2. The summed E-state index contributed by atoms with van der Waals surface area (Å²) in [6, 6.07) is 14.8. The highest BCUT2D eigenvalue weighted by molar-refractivity contribution is 6.16. The summed E-state index contributed by atoms with van der Waals surface area (Å²) in [4.78, 5) is 11.7. The van der Waals surface area contributed by atoms with Crippen molar-refractivity contribution >= 4 is 17.1 Å². The molecule has 3 heterocycles. The van der Waals surface area contributed by atoms with Crippen molar-refractivity contribution in [3.63, 3.8) is 0 Å². The SMILES string of the molecule is COc1cc2c(c3c1OC(C)(C)C3)C(c1cccc(N(C)c3cccnc3)c1)=NC(C)(C)C2. The Kier molecular flexibility index (Phi) is 4.96. The molecule has 0 saturated carbocycles.